The maximum atomic E-state index is 14.4. The molecule has 2 aromatic rings. The van der Waals surface area contributed by atoms with E-state index >= 15 is 0 Å². The Morgan fingerprint density at radius 2 is 2.02 bits per heavy atom. The summed E-state index contributed by atoms with van der Waals surface area (Å²) >= 11 is 0. The number of carbonyl (C=O) groups excluding carboxylic acids is 3. The van der Waals surface area contributed by atoms with Gasteiger partial charge in [-0.1, -0.05) is 39.8 Å². The van der Waals surface area contributed by atoms with Gasteiger partial charge in [0.25, 0.3) is 5.91 Å². The highest BCUT2D eigenvalue weighted by Gasteiger charge is 2.64. The van der Waals surface area contributed by atoms with Crippen LogP contribution in [0.15, 0.2) is 30.2 Å². The molecule has 6 atom stereocenters. The molecule has 0 saturated carbocycles. The molecule has 1 aromatic heterocycles. The van der Waals surface area contributed by atoms with E-state index in [1.54, 1.807) is 4.90 Å². The average molecular weight is 576 g/mol. The number of hydrogen-bond acceptors (Lipinski definition) is 6. The summed E-state index contributed by atoms with van der Waals surface area (Å²) in [6, 6.07) is 5.07. The van der Waals surface area contributed by atoms with Gasteiger partial charge in [-0.05, 0) is 55.8 Å². The largest absolute Gasteiger partial charge is 0.511 e. The molecular formula is C32H41N5O5. The number of H-pyrrole nitrogens is 1. The van der Waals surface area contributed by atoms with E-state index in [-0.39, 0.29) is 35.6 Å². The Bertz CT molecular complexity index is 1510. The number of nitrogens with zero attached hydrogens (tertiary/aromatic N) is 3. The summed E-state index contributed by atoms with van der Waals surface area (Å²) in [6.07, 6.45) is 4.30. The molecule has 1 aliphatic carbocycles. The van der Waals surface area contributed by atoms with Crippen molar-refractivity contribution in [3.63, 3.8) is 0 Å². The summed E-state index contributed by atoms with van der Waals surface area (Å²) in [6.45, 7) is 8.78. The highest BCUT2D eigenvalue weighted by molar-refractivity contribution is 6.01. The van der Waals surface area contributed by atoms with Crippen molar-refractivity contribution >= 4 is 34.2 Å². The molecule has 4 aliphatic heterocycles. The number of rotatable bonds is 5. The fourth-order valence-electron chi connectivity index (χ4n) is 8.11. The van der Waals surface area contributed by atoms with Crippen LogP contribution in [-0.2, 0) is 25.5 Å². The van der Waals surface area contributed by atoms with Gasteiger partial charge in [0.2, 0.25) is 17.5 Å². The van der Waals surface area contributed by atoms with Gasteiger partial charge in [0.15, 0.2) is 6.23 Å². The van der Waals surface area contributed by atoms with Crippen molar-refractivity contribution in [2.45, 2.75) is 83.5 Å². The molecule has 0 bridgehead atoms. The molecule has 7 rings (SSSR count). The number of ether oxygens (including phenoxy) is 1. The van der Waals surface area contributed by atoms with Crippen LogP contribution in [0, 0.1) is 17.8 Å². The fourth-order valence-corrected chi connectivity index (χ4v) is 8.11. The van der Waals surface area contributed by atoms with Gasteiger partial charge in [0, 0.05) is 47.7 Å². The highest BCUT2D eigenvalue weighted by Crippen LogP contribution is 2.45. The Morgan fingerprint density at radius 3 is 2.76 bits per heavy atom. The molecule has 224 valence electrons. The standard InChI is InChI=1S/C32H41N5O5/c1-16(2)12-24-29(40)36-11-7-10-22(36)30-37(24)31(41)32(42-30,17(3)4)34-28(39)20-15-35(5)23-13-18-14-33-21-9-6-8-19(25(18)21)26(23)27(20)38/h6,8-9,14,16-17,20,22-24,30,33,38H,7,10-13,15H2,1-5H3,(H,34,39)/t20-,22-,23+,24?,30-,32+/m0/s1. The van der Waals surface area contributed by atoms with Crippen LogP contribution in [0.3, 0.4) is 0 Å². The molecule has 3 fully saturated rings. The Hall–Kier alpha value is -3.37. The molecule has 1 aromatic carbocycles. The molecule has 10 nitrogen and oxygen atoms in total. The average Bonchev–Trinajstić information content (AvgIpc) is 3.67. The fraction of sp³-hybridized carbons (Fsp3) is 0.594. The second kappa shape index (κ2) is 9.57. The lowest BCUT2D eigenvalue weighted by atomic mass is 9.78. The second-order valence-electron chi connectivity index (χ2n) is 13.5. The van der Waals surface area contributed by atoms with Crippen molar-refractivity contribution in [3.8, 4) is 0 Å². The number of carbonyl (C=O) groups is 3. The number of nitrogens with one attached hydrogen (secondary N) is 2. The van der Waals surface area contributed by atoms with Crippen LogP contribution in [0.5, 0.6) is 0 Å². The summed E-state index contributed by atoms with van der Waals surface area (Å²) in [4.78, 5) is 51.1. The van der Waals surface area contributed by atoms with Crippen LogP contribution in [0.4, 0.5) is 0 Å². The van der Waals surface area contributed by atoms with Gasteiger partial charge in [-0.25, -0.2) is 0 Å². The van der Waals surface area contributed by atoms with E-state index in [2.05, 4.69) is 15.2 Å². The number of aliphatic hydroxyl groups is 1. The van der Waals surface area contributed by atoms with Gasteiger partial charge in [0.05, 0.1) is 6.04 Å². The Morgan fingerprint density at radius 1 is 1.24 bits per heavy atom. The topological polar surface area (TPSA) is 118 Å². The number of aliphatic hydroxyl groups excluding tert-OH is 1. The van der Waals surface area contributed by atoms with E-state index in [1.807, 2.05) is 64.0 Å². The van der Waals surface area contributed by atoms with Crippen LogP contribution in [-0.4, -0.2) is 92.7 Å². The van der Waals surface area contributed by atoms with Gasteiger partial charge in [-0.2, -0.15) is 0 Å². The quantitative estimate of drug-likeness (QED) is 0.505. The lowest BCUT2D eigenvalue weighted by molar-refractivity contribution is -0.172. The number of aromatic amines is 1. The third kappa shape index (κ3) is 3.73. The number of piperazine rings is 1. The SMILES string of the molecule is CC(C)CC1C(=O)N2CCC[C@H]2[C@@H]2O[C@](NC(=O)[C@H]3CN(C)[C@@H]4Cc5c[nH]c6cccc(c56)C4=C3O)(C(C)C)C(=O)N12. The van der Waals surface area contributed by atoms with Crippen molar-refractivity contribution in [1.82, 2.24) is 25.0 Å². The van der Waals surface area contributed by atoms with Crippen LogP contribution in [0.1, 0.15) is 58.1 Å². The van der Waals surface area contributed by atoms with E-state index in [4.69, 9.17) is 4.74 Å². The van der Waals surface area contributed by atoms with Gasteiger partial charge < -0.3 is 25.0 Å². The highest BCUT2D eigenvalue weighted by atomic mass is 16.6. The van der Waals surface area contributed by atoms with E-state index in [9.17, 15) is 19.5 Å². The number of fused-ring (bicyclic) bond motifs is 5. The van der Waals surface area contributed by atoms with Crippen molar-refractivity contribution in [2.24, 2.45) is 17.8 Å². The third-order valence-corrected chi connectivity index (χ3v) is 10.2. The molecule has 5 aliphatic rings. The van der Waals surface area contributed by atoms with Crippen LogP contribution in [0.2, 0.25) is 0 Å². The summed E-state index contributed by atoms with van der Waals surface area (Å²) < 4.78 is 6.65. The van der Waals surface area contributed by atoms with Crippen molar-refractivity contribution < 1.29 is 24.2 Å². The predicted octanol–water partition coefficient (Wildman–Crippen LogP) is 3.00. The molecule has 42 heavy (non-hydrogen) atoms. The van der Waals surface area contributed by atoms with Gasteiger partial charge >= 0.3 is 0 Å². The lowest BCUT2D eigenvalue weighted by Crippen LogP contribution is -2.65. The first-order chi connectivity index (χ1) is 20.0. The number of hydrogen-bond donors (Lipinski definition) is 3. The first-order valence-corrected chi connectivity index (χ1v) is 15.4. The van der Waals surface area contributed by atoms with E-state index in [1.165, 1.54) is 5.56 Å². The number of benzene rings is 1. The van der Waals surface area contributed by atoms with Crippen LogP contribution in [0.25, 0.3) is 16.5 Å². The molecule has 1 unspecified atom stereocenters. The minimum Gasteiger partial charge on any atom is -0.511 e. The number of amides is 3. The second-order valence-corrected chi connectivity index (χ2v) is 13.5. The van der Waals surface area contributed by atoms with E-state index in [0.717, 1.165) is 41.3 Å². The maximum absolute atomic E-state index is 14.4. The molecule has 10 heteroatoms. The van der Waals surface area contributed by atoms with E-state index in [0.29, 0.717) is 19.5 Å². The number of aromatic nitrogens is 1. The van der Waals surface area contributed by atoms with Gasteiger partial charge in [0.1, 0.15) is 17.7 Å². The Balaban J connectivity index is 1.25. The molecule has 0 spiro atoms. The zero-order valence-corrected chi connectivity index (χ0v) is 25.0. The molecule has 0 radical (unpaired) electrons. The monoisotopic (exact) mass is 575 g/mol. The van der Waals surface area contributed by atoms with Crippen molar-refractivity contribution in [3.05, 3.63) is 41.3 Å². The van der Waals surface area contributed by atoms with Crippen LogP contribution >= 0.6 is 0 Å². The maximum Gasteiger partial charge on any atom is 0.279 e. The van der Waals surface area contributed by atoms with Gasteiger partial charge in [-0.3, -0.25) is 24.2 Å². The third-order valence-electron chi connectivity index (χ3n) is 10.2. The predicted molar refractivity (Wildman–Crippen MR) is 157 cm³/mol. The first-order valence-electron chi connectivity index (χ1n) is 15.4. The van der Waals surface area contributed by atoms with Crippen molar-refractivity contribution in [1.29, 1.82) is 0 Å². The summed E-state index contributed by atoms with van der Waals surface area (Å²) in [5.74, 6) is -1.87. The zero-order valence-electron chi connectivity index (χ0n) is 25.0. The normalized spacial score (nSPS) is 32.7. The smallest absolute Gasteiger partial charge is 0.279 e. The minimum absolute atomic E-state index is 0.0248. The zero-order chi connectivity index (χ0) is 29.7. The lowest BCUT2D eigenvalue weighted by Gasteiger charge is -2.44. The molecule has 5 heterocycles. The summed E-state index contributed by atoms with van der Waals surface area (Å²) in [5.41, 5.74) is 2.27. The first kappa shape index (κ1) is 27.5. The molecule has 3 amide bonds. The molecular weight excluding hydrogens is 534 g/mol. The van der Waals surface area contributed by atoms with Crippen LogP contribution < -0.4 is 5.32 Å². The molecule has 3 saturated heterocycles. The summed E-state index contributed by atoms with van der Waals surface area (Å²) in [7, 11) is 1.97. The summed E-state index contributed by atoms with van der Waals surface area (Å²) in [5, 5.41) is 15.8. The van der Waals surface area contributed by atoms with Crippen molar-refractivity contribution in [2.75, 3.05) is 20.1 Å². The molecule has 3 N–H and O–H groups in total. The minimum atomic E-state index is -1.63. The Kier molecular flexibility index (Phi) is 6.26. The van der Waals surface area contributed by atoms with Gasteiger partial charge in [-0.15, -0.1) is 0 Å². The number of likely N-dealkylation sites (N-methyl/N-ethyl adjacent to an activating group) is 1. The van der Waals surface area contributed by atoms with E-state index < -0.39 is 35.7 Å². The Labute approximate surface area is 246 Å².